The minimum absolute atomic E-state index is 0.524. The largest absolute Gasteiger partial charge is 0.457 e. The van der Waals surface area contributed by atoms with Gasteiger partial charge in [0.15, 0.2) is 11.2 Å². The van der Waals surface area contributed by atoms with Crippen molar-refractivity contribution in [3.63, 3.8) is 0 Å². The highest BCUT2D eigenvalue weighted by Gasteiger charge is 2.51. The Bertz CT molecular complexity index is 3040. The van der Waals surface area contributed by atoms with Gasteiger partial charge in [0.2, 0.25) is 11.8 Å². The fraction of sp³-hybridized carbons (Fsp3) is 0.0385. The summed E-state index contributed by atoms with van der Waals surface area (Å²) in [5.41, 5.74) is 17.3. The van der Waals surface area contributed by atoms with Crippen LogP contribution >= 0.6 is 0 Å². The molecule has 0 amide bonds. The van der Waals surface area contributed by atoms with Gasteiger partial charge in [-0.25, -0.2) is 9.97 Å². The molecule has 10 aromatic rings. The van der Waals surface area contributed by atoms with Gasteiger partial charge in [-0.1, -0.05) is 121 Å². The normalized spacial score (nSPS) is 13.3. The second-order valence-electron chi connectivity index (χ2n) is 15.0. The molecule has 1 aliphatic carbocycles. The van der Waals surface area contributed by atoms with Gasteiger partial charge in [0.1, 0.15) is 22.5 Å². The first kappa shape index (κ1) is 31.8. The van der Waals surface area contributed by atoms with Gasteiger partial charge in [0, 0.05) is 22.3 Å². The molecule has 0 unspecified atom stereocenters. The summed E-state index contributed by atoms with van der Waals surface area (Å²) in [7, 11) is 0. The molecule has 8 aromatic carbocycles. The summed E-state index contributed by atoms with van der Waals surface area (Å²) < 4.78 is 19.1. The summed E-state index contributed by atoms with van der Waals surface area (Å²) in [6.07, 6.45) is 0. The Morgan fingerprint density at radius 2 is 0.860 bits per heavy atom. The van der Waals surface area contributed by atoms with E-state index in [0.717, 1.165) is 78.2 Å². The Labute approximate surface area is 328 Å². The Morgan fingerprint density at radius 3 is 1.46 bits per heavy atom. The van der Waals surface area contributed by atoms with Crippen LogP contribution in [-0.2, 0) is 5.41 Å². The molecule has 57 heavy (non-hydrogen) atoms. The predicted molar refractivity (Wildman–Crippen MR) is 225 cm³/mol. The number of fused-ring (bicyclic) bond motifs is 11. The van der Waals surface area contributed by atoms with Gasteiger partial charge in [-0.15, -0.1) is 0 Å². The minimum atomic E-state index is -0.524. The molecule has 0 radical (unpaired) electrons. The highest BCUT2D eigenvalue weighted by Crippen LogP contribution is 2.62. The number of para-hydroxylation sites is 6. The molecule has 3 heterocycles. The first-order valence-corrected chi connectivity index (χ1v) is 19.2. The lowest BCUT2D eigenvalue weighted by atomic mass is 9.65. The van der Waals surface area contributed by atoms with E-state index >= 15 is 0 Å². The van der Waals surface area contributed by atoms with Gasteiger partial charge in [-0.05, 0) is 112 Å². The van der Waals surface area contributed by atoms with Crippen LogP contribution in [0.15, 0.2) is 185 Å². The van der Waals surface area contributed by atoms with E-state index in [2.05, 4.69) is 128 Å². The average molecular weight is 733 g/mol. The minimum Gasteiger partial charge on any atom is -0.457 e. The lowest BCUT2D eigenvalue weighted by Crippen LogP contribution is -2.32. The molecule has 268 valence electrons. The first-order valence-electron chi connectivity index (χ1n) is 19.2. The van der Waals surface area contributed by atoms with E-state index in [1.54, 1.807) is 0 Å². The van der Waals surface area contributed by atoms with Gasteiger partial charge in [0.05, 0.1) is 5.41 Å². The summed E-state index contributed by atoms with van der Waals surface area (Å²) in [5, 5.41) is 0. The topological polar surface area (TPSA) is 61.3 Å². The molecule has 0 saturated heterocycles. The maximum absolute atomic E-state index is 6.58. The Kier molecular flexibility index (Phi) is 6.70. The molecule has 0 bridgehead atoms. The zero-order valence-corrected chi connectivity index (χ0v) is 30.9. The monoisotopic (exact) mass is 732 g/mol. The molecule has 0 saturated carbocycles. The zero-order chi connectivity index (χ0) is 37.7. The Hall–Kier alpha value is -7.50. The molecular weight excluding hydrogens is 701 g/mol. The number of aryl methyl sites for hydroxylation is 1. The van der Waals surface area contributed by atoms with Crippen molar-refractivity contribution in [2.45, 2.75) is 12.3 Å². The van der Waals surface area contributed by atoms with Gasteiger partial charge in [0.25, 0.3) is 0 Å². The molecule has 2 aromatic heterocycles. The Morgan fingerprint density at radius 1 is 0.386 bits per heavy atom. The number of benzene rings is 8. The van der Waals surface area contributed by atoms with Crippen molar-refractivity contribution in [2.24, 2.45) is 0 Å². The number of rotatable bonds is 4. The third-order valence-electron chi connectivity index (χ3n) is 11.7. The van der Waals surface area contributed by atoms with Gasteiger partial charge in [-0.2, -0.15) is 0 Å². The fourth-order valence-electron chi connectivity index (χ4n) is 9.08. The predicted octanol–water partition coefficient (Wildman–Crippen LogP) is 13.4. The van der Waals surface area contributed by atoms with Crippen molar-refractivity contribution < 1.29 is 13.6 Å². The van der Waals surface area contributed by atoms with Crippen LogP contribution in [0.4, 0.5) is 0 Å². The molecule has 2 aliphatic rings. The van der Waals surface area contributed by atoms with E-state index in [0.29, 0.717) is 11.8 Å². The van der Waals surface area contributed by atoms with E-state index in [-0.39, 0.29) is 0 Å². The lowest BCUT2D eigenvalue weighted by molar-refractivity contribution is 0.436. The van der Waals surface area contributed by atoms with Crippen molar-refractivity contribution >= 4 is 22.2 Å². The lowest BCUT2D eigenvalue weighted by Gasteiger charge is -2.39. The van der Waals surface area contributed by atoms with Crippen LogP contribution in [0, 0.1) is 6.92 Å². The van der Waals surface area contributed by atoms with Gasteiger partial charge in [-0.3, -0.25) is 0 Å². The van der Waals surface area contributed by atoms with Crippen molar-refractivity contribution in [1.29, 1.82) is 0 Å². The molecule has 1 spiro atoms. The smallest absolute Gasteiger partial charge is 0.227 e. The number of ether oxygens (including phenoxy) is 1. The second kappa shape index (κ2) is 12.0. The maximum Gasteiger partial charge on any atom is 0.227 e. The molecular formula is C52H32N2O3. The molecule has 1 aliphatic heterocycles. The van der Waals surface area contributed by atoms with Crippen LogP contribution in [0.25, 0.3) is 78.5 Å². The fourth-order valence-corrected chi connectivity index (χ4v) is 9.08. The van der Waals surface area contributed by atoms with Crippen LogP contribution in [-0.4, -0.2) is 9.97 Å². The van der Waals surface area contributed by atoms with Crippen LogP contribution in [0.5, 0.6) is 11.5 Å². The SMILES string of the molecule is Cc1ccc2c(c1)C1(c3ccccc3Oc3ccccc31)c1cc(-c3ccc(-c4cc(-c5nc6ccccc6o5)cc(-c5nc6ccccc6o5)c4)cc3)ccc1-2. The average Bonchev–Trinajstić information content (AvgIpc) is 3.97. The van der Waals surface area contributed by atoms with Crippen molar-refractivity contribution in [1.82, 2.24) is 9.97 Å². The summed E-state index contributed by atoms with van der Waals surface area (Å²) in [4.78, 5) is 9.67. The third kappa shape index (κ3) is 4.76. The van der Waals surface area contributed by atoms with E-state index in [4.69, 9.17) is 23.5 Å². The second-order valence-corrected chi connectivity index (χ2v) is 15.0. The van der Waals surface area contributed by atoms with Crippen molar-refractivity contribution in [2.75, 3.05) is 0 Å². The quantitative estimate of drug-likeness (QED) is 0.180. The van der Waals surface area contributed by atoms with E-state index < -0.39 is 5.41 Å². The molecule has 5 nitrogen and oxygen atoms in total. The number of hydrogen-bond acceptors (Lipinski definition) is 5. The first-order chi connectivity index (χ1) is 28.1. The van der Waals surface area contributed by atoms with E-state index in [1.165, 1.54) is 27.8 Å². The van der Waals surface area contributed by atoms with Gasteiger partial charge < -0.3 is 13.6 Å². The maximum atomic E-state index is 6.58. The molecule has 12 rings (SSSR count). The van der Waals surface area contributed by atoms with Gasteiger partial charge >= 0.3 is 0 Å². The molecule has 0 atom stereocenters. The summed E-state index contributed by atoms with van der Waals surface area (Å²) in [6, 6.07) is 61.7. The number of nitrogens with zero attached hydrogens (tertiary/aromatic N) is 2. The van der Waals surface area contributed by atoms with Crippen molar-refractivity contribution in [3.8, 4) is 67.8 Å². The van der Waals surface area contributed by atoms with Crippen LogP contribution in [0.1, 0.15) is 27.8 Å². The zero-order valence-electron chi connectivity index (χ0n) is 30.9. The summed E-state index contributed by atoms with van der Waals surface area (Å²) in [6.45, 7) is 2.18. The molecule has 5 heteroatoms. The highest BCUT2D eigenvalue weighted by atomic mass is 16.5. The van der Waals surface area contributed by atoms with Crippen molar-refractivity contribution in [3.05, 3.63) is 204 Å². The van der Waals surface area contributed by atoms with Crippen LogP contribution in [0.2, 0.25) is 0 Å². The highest BCUT2D eigenvalue weighted by molar-refractivity contribution is 5.91. The Balaban J connectivity index is 0.996. The summed E-state index contributed by atoms with van der Waals surface area (Å²) in [5.74, 6) is 2.88. The van der Waals surface area contributed by atoms with E-state index in [1.807, 2.05) is 54.6 Å². The van der Waals surface area contributed by atoms with Crippen LogP contribution < -0.4 is 4.74 Å². The van der Waals surface area contributed by atoms with Crippen LogP contribution in [0.3, 0.4) is 0 Å². The third-order valence-corrected chi connectivity index (χ3v) is 11.7. The number of hydrogen-bond donors (Lipinski definition) is 0. The standard InChI is InChI=1S/C52H32N2O3/c1-31-18-24-38-39-25-23-34(30-43(39)52(42(38)26-31)40-10-2-6-14-46(40)55-47-15-7-3-11-41(47)52)32-19-21-33(22-20-32)35-27-36(50-53-44-12-4-8-16-48(44)56-50)29-37(28-35)51-54-45-13-5-9-17-49(45)57-51/h2-30H,1H3. The summed E-state index contributed by atoms with van der Waals surface area (Å²) >= 11 is 0. The molecule has 0 fully saturated rings. The molecule has 0 N–H and O–H groups in total. The number of aromatic nitrogens is 2. The van der Waals surface area contributed by atoms with E-state index in [9.17, 15) is 0 Å². The number of oxazole rings is 2.